The predicted molar refractivity (Wildman–Crippen MR) is 54.9 cm³/mol. The molecule has 0 radical (unpaired) electrons. The number of carbonyl (C=O) groups is 2. The quantitative estimate of drug-likeness (QED) is 0.618. The van der Waals surface area contributed by atoms with Gasteiger partial charge in [0.05, 0.1) is 5.92 Å². The molecule has 0 unspecified atom stereocenters. The first kappa shape index (κ1) is 13.1. The minimum Gasteiger partial charge on any atom is -0.454 e. The van der Waals surface area contributed by atoms with Crippen LogP contribution in [0.15, 0.2) is 0 Å². The Balaban J connectivity index is 4.20. The standard InChI is InChI=1S/C11H20O3/c1-5-9(6-2)11(13)14-10(7-3)8(4)12/h9-10H,5-7H2,1-4H3/t10-/m0/s1. The number of Topliss-reactive ketones (excluding diaryl/α,β-unsaturated/α-hetero) is 1. The fraction of sp³-hybridized carbons (Fsp3) is 0.818. The van der Waals surface area contributed by atoms with E-state index in [2.05, 4.69) is 0 Å². The second-order valence-electron chi connectivity index (χ2n) is 3.46. The first-order valence-electron chi connectivity index (χ1n) is 5.27. The van der Waals surface area contributed by atoms with E-state index >= 15 is 0 Å². The Morgan fingerprint density at radius 2 is 1.57 bits per heavy atom. The molecular formula is C11H20O3. The molecule has 3 heteroatoms. The van der Waals surface area contributed by atoms with Gasteiger partial charge in [0, 0.05) is 0 Å². The van der Waals surface area contributed by atoms with Crippen molar-refractivity contribution < 1.29 is 14.3 Å². The molecule has 0 saturated heterocycles. The Morgan fingerprint density at radius 1 is 1.07 bits per heavy atom. The number of carbonyl (C=O) groups excluding carboxylic acids is 2. The maximum absolute atomic E-state index is 11.5. The van der Waals surface area contributed by atoms with Crippen molar-refractivity contribution in [2.75, 3.05) is 0 Å². The highest BCUT2D eigenvalue weighted by Crippen LogP contribution is 2.12. The molecule has 0 aromatic carbocycles. The third-order valence-electron chi connectivity index (χ3n) is 2.40. The minimum atomic E-state index is -0.553. The highest BCUT2D eigenvalue weighted by Gasteiger charge is 2.22. The molecule has 0 amide bonds. The topological polar surface area (TPSA) is 43.4 Å². The van der Waals surface area contributed by atoms with Crippen LogP contribution in [0, 0.1) is 5.92 Å². The Kier molecular flexibility index (Phi) is 6.17. The molecular weight excluding hydrogens is 180 g/mol. The Labute approximate surface area is 85.8 Å². The fourth-order valence-corrected chi connectivity index (χ4v) is 1.31. The van der Waals surface area contributed by atoms with Gasteiger partial charge in [0.1, 0.15) is 0 Å². The van der Waals surface area contributed by atoms with Gasteiger partial charge in [-0.05, 0) is 26.2 Å². The number of esters is 1. The van der Waals surface area contributed by atoms with Crippen LogP contribution >= 0.6 is 0 Å². The summed E-state index contributed by atoms with van der Waals surface area (Å²) < 4.78 is 5.12. The molecule has 0 N–H and O–H groups in total. The van der Waals surface area contributed by atoms with Gasteiger partial charge in [-0.25, -0.2) is 0 Å². The van der Waals surface area contributed by atoms with Gasteiger partial charge in [0.25, 0.3) is 0 Å². The number of ether oxygens (including phenoxy) is 1. The van der Waals surface area contributed by atoms with E-state index in [0.29, 0.717) is 6.42 Å². The third kappa shape index (κ3) is 3.90. The summed E-state index contributed by atoms with van der Waals surface area (Å²) in [7, 11) is 0. The lowest BCUT2D eigenvalue weighted by Gasteiger charge is -2.17. The molecule has 3 nitrogen and oxygen atoms in total. The SMILES string of the molecule is CCC(CC)C(=O)O[C@@H](CC)C(C)=O. The molecule has 0 aromatic rings. The minimum absolute atomic E-state index is 0.0663. The smallest absolute Gasteiger partial charge is 0.309 e. The van der Waals surface area contributed by atoms with Crippen LogP contribution in [-0.2, 0) is 14.3 Å². The van der Waals surface area contributed by atoms with E-state index in [-0.39, 0.29) is 17.7 Å². The van der Waals surface area contributed by atoms with Crippen molar-refractivity contribution in [2.45, 2.75) is 53.1 Å². The third-order valence-corrected chi connectivity index (χ3v) is 2.40. The molecule has 0 aliphatic carbocycles. The van der Waals surface area contributed by atoms with E-state index in [4.69, 9.17) is 4.74 Å². The van der Waals surface area contributed by atoms with Crippen LogP contribution in [0.25, 0.3) is 0 Å². The van der Waals surface area contributed by atoms with Crippen molar-refractivity contribution in [1.82, 2.24) is 0 Å². The average Bonchev–Trinajstić information content (AvgIpc) is 2.15. The fourth-order valence-electron chi connectivity index (χ4n) is 1.31. The number of ketones is 1. The molecule has 14 heavy (non-hydrogen) atoms. The summed E-state index contributed by atoms with van der Waals surface area (Å²) in [5, 5.41) is 0. The maximum atomic E-state index is 11.5. The van der Waals surface area contributed by atoms with Crippen LogP contribution < -0.4 is 0 Å². The van der Waals surface area contributed by atoms with Gasteiger partial charge >= 0.3 is 5.97 Å². The highest BCUT2D eigenvalue weighted by atomic mass is 16.5. The second kappa shape index (κ2) is 6.57. The van der Waals surface area contributed by atoms with Crippen molar-refractivity contribution in [3.63, 3.8) is 0 Å². The molecule has 1 atom stereocenters. The lowest BCUT2D eigenvalue weighted by atomic mass is 10.0. The summed E-state index contributed by atoms with van der Waals surface area (Å²) in [6, 6.07) is 0. The predicted octanol–water partition coefficient (Wildman–Crippen LogP) is 2.33. The van der Waals surface area contributed by atoms with Crippen molar-refractivity contribution in [3.8, 4) is 0 Å². The van der Waals surface area contributed by atoms with Gasteiger partial charge in [-0.3, -0.25) is 9.59 Å². The summed E-state index contributed by atoms with van der Waals surface area (Å²) in [6.07, 6.45) is 1.54. The van der Waals surface area contributed by atoms with Gasteiger partial charge in [-0.2, -0.15) is 0 Å². The van der Waals surface area contributed by atoms with Crippen LogP contribution in [0.4, 0.5) is 0 Å². The summed E-state index contributed by atoms with van der Waals surface area (Å²) >= 11 is 0. The molecule has 0 rings (SSSR count). The monoisotopic (exact) mass is 200 g/mol. The van der Waals surface area contributed by atoms with E-state index in [9.17, 15) is 9.59 Å². The van der Waals surface area contributed by atoms with E-state index < -0.39 is 6.10 Å². The van der Waals surface area contributed by atoms with E-state index in [1.54, 1.807) is 0 Å². The number of rotatable bonds is 6. The van der Waals surface area contributed by atoms with E-state index in [1.165, 1.54) is 6.92 Å². The van der Waals surface area contributed by atoms with Crippen molar-refractivity contribution in [3.05, 3.63) is 0 Å². The highest BCUT2D eigenvalue weighted by molar-refractivity contribution is 5.83. The van der Waals surface area contributed by atoms with Gasteiger partial charge in [0.15, 0.2) is 11.9 Å². The van der Waals surface area contributed by atoms with Gasteiger partial charge in [-0.15, -0.1) is 0 Å². The molecule has 0 bridgehead atoms. The Hall–Kier alpha value is -0.860. The summed E-state index contributed by atoms with van der Waals surface area (Å²) in [5.74, 6) is -0.382. The first-order valence-corrected chi connectivity index (χ1v) is 5.27. The van der Waals surface area contributed by atoms with E-state index in [0.717, 1.165) is 12.8 Å². The van der Waals surface area contributed by atoms with Crippen molar-refractivity contribution in [2.24, 2.45) is 5.92 Å². The van der Waals surface area contributed by atoms with Crippen LogP contribution in [0.2, 0.25) is 0 Å². The summed E-state index contributed by atoms with van der Waals surface area (Å²) in [6.45, 7) is 7.19. The van der Waals surface area contributed by atoms with Crippen molar-refractivity contribution >= 4 is 11.8 Å². The van der Waals surface area contributed by atoms with Crippen LogP contribution in [0.1, 0.15) is 47.0 Å². The first-order chi connectivity index (χ1) is 6.56. The Bertz CT molecular complexity index is 195. The number of hydrogen-bond acceptors (Lipinski definition) is 3. The van der Waals surface area contributed by atoms with E-state index in [1.807, 2.05) is 20.8 Å². The van der Waals surface area contributed by atoms with Gasteiger partial charge in [-0.1, -0.05) is 20.8 Å². The zero-order valence-electron chi connectivity index (χ0n) is 9.50. The lowest BCUT2D eigenvalue weighted by molar-refractivity contribution is -0.159. The van der Waals surface area contributed by atoms with Gasteiger partial charge < -0.3 is 4.74 Å². The zero-order chi connectivity index (χ0) is 11.1. The molecule has 0 spiro atoms. The molecule has 82 valence electrons. The number of hydrogen-bond donors (Lipinski definition) is 0. The second-order valence-corrected chi connectivity index (χ2v) is 3.46. The molecule has 0 fully saturated rings. The van der Waals surface area contributed by atoms with Crippen LogP contribution in [-0.4, -0.2) is 17.9 Å². The zero-order valence-corrected chi connectivity index (χ0v) is 9.50. The Morgan fingerprint density at radius 3 is 1.86 bits per heavy atom. The molecule has 0 aliphatic heterocycles. The molecule has 0 heterocycles. The van der Waals surface area contributed by atoms with Crippen molar-refractivity contribution in [1.29, 1.82) is 0 Å². The molecule has 0 saturated carbocycles. The molecule has 0 aromatic heterocycles. The van der Waals surface area contributed by atoms with Crippen LogP contribution in [0.3, 0.4) is 0 Å². The molecule has 0 aliphatic rings. The van der Waals surface area contributed by atoms with Crippen LogP contribution in [0.5, 0.6) is 0 Å². The average molecular weight is 200 g/mol. The van der Waals surface area contributed by atoms with Gasteiger partial charge in [0.2, 0.25) is 0 Å². The largest absolute Gasteiger partial charge is 0.454 e. The summed E-state index contributed by atoms with van der Waals surface area (Å²) in [5.41, 5.74) is 0. The maximum Gasteiger partial charge on any atom is 0.309 e. The normalized spacial score (nSPS) is 12.6. The lowest BCUT2D eigenvalue weighted by Crippen LogP contribution is -2.28. The summed E-state index contributed by atoms with van der Waals surface area (Å²) in [4.78, 5) is 22.5.